The first-order chi connectivity index (χ1) is 15.1. The van der Waals surface area contributed by atoms with Crippen LogP contribution in [0.4, 0.5) is 0 Å². The van der Waals surface area contributed by atoms with Gasteiger partial charge in [-0.2, -0.15) is 5.26 Å². The van der Waals surface area contributed by atoms with E-state index in [4.69, 9.17) is 14.7 Å². The summed E-state index contributed by atoms with van der Waals surface area (Å²) in [4.78, 5) is 16.7. The van der Waals surface area contributed by atoms with Crippen LogP contribution >= 0.6 is 24.8 Å². The maximum atomic E-state index is 11.7. The summed E-state index contributed by atoms with van der Waals surface area (Å²) in [7, 11) is 0. The summed E-state index contributed by atoms with van der Waals surface area (Å²) < 4.78 is 11.0. The van der Waals surface area contributed by atoms with Crippen LogP contribution in [-0.2, 0) is 11.2 Å². The maximum Gasteiger partial charge on any atom is 0.338 e. The molecule has 1 unspecified atom stereocenters. The normalized spacial score (nSPS) is 14.8. The largest absolute Gasteiger partial charge is 0.489 e. The van der Waals surface area contributed by atoms with Gasteiger partial charge in [0.2, 0.25) is 0 Å². The van der Waals surface area contributed by atoms with Crippen molar-refractivity contribution >= 4 is 30.8 Å². The average Bonchev–Trinajstić information content (AvgIpc) is 2.79. The number of carbonyl (C=O) groups excluding carboxylic acids is 1. The fraction of sp³-hybridized carbons (Fsp3) is 0.440. The minimum Gasteiger partial charge on any atom is -0.489 e. The Bertz CT molecular complexity index is 877. The number of piperazine rings is 1. The fourth-order valence-corrected chi connectivity index (χ4v) is 3.75. The highest BCUT2D eigenvalue weighted by Gasteiger charge is 2.19. The third-order valence-corrected chi connectivity index (χ3v) is 5.48. The second-order valence-electron chi connectivity index (χ2n) is 7.87. The van der Waals surface area contributed by atoms with E-state index in [1.807, 2.05) is 43.3 Å². The van der Waals surface area contributed by atoms with Crippen LogP contribution in [0.15, 0.2) is 48.5 Å². The molecule has 0 aromatic heterocycles. The molecule has 1 atom stereocenters. The Morgan fingerprint density at radius 1 is 1.00 bits per heavy atom. The first-order valence-corrected chi connectivity index (χ1v) is 10.9. The SMILES string of the molecule is CCOC(=O)c1ccc(CCN2CCN(CC(C)Oc3ccc(C#N)cc3)CC2)cc1.Cl.Cl. The number of benzene rings is 2. The molecule has 0 aliphatic carbocycles. The van der Waals surface area contributed by atoms with Crippen molar-refractivity contribution in [2.45, 2.75) is 26.4 Å². The minimum atomic E-state index is -0.262. The van der Waals surface area contributed by atoms with Crippen LogP contribution in [0.3, 0.4) is 0 Å². The number of hydrogen-bond donors (Lipinski definition) is 0. The lowest BCUT2D eigenvalue weighted by atomic mass is 10.1. The number of nitrogens with zero attached hydrogens (tertiary/aromatic N) is 3. The molecular weight excluding hydrogens is 461 g/mol. The molecule has 1 aliphatic heterocycles. The summed E-state index contributed by atoms with van der Waals surface area (Å²) in [5, 5.41) is 8.88. The van der Waals surface area contributed by atoms with Gasteiger partial charge in [0, 0.05) is 39.3 Å². The van der Waals surface area contributed by atoms with E-state index in [2.05, 4.69) is 22.8 Å². The topological polar surface area (TPSA) is 65.8 Å². The van der Waals surface area contributed by atoms with Crippen LogP contribution in [-0.4, -0.2) is 67.7 Å². The lowest BCUT2D eigenvalue weighted by molar-refractivity contribution is 0.0526. The van der Waals surface area contributed by atoms with Gasteiger partial charge in [0.25, 0.3) is 0 Å². The van der Waals surface area contributed by atoms with Crippen molar-refractivity contribution in [2.75, 3.05) is 45.9 Å². The lowest BCUT2D eigenvalue weighted by Gasteiger charge is -2.35. The molecule has 1 heterocycles. The molecule has 3 rings (SSSR count). The molecule has 6 nitrogen and oxygen atoms in total. The molecule has 8 heteroatoms. The van der Waals surface area contributed by atoms with E-state index in [0.29, 0.717) is 17.7 Å². The molecule has 0 radical (unpaired) electrons. The number of carbonyl (C=O) groups is 1. The number of ether oxygens (including phenoxy) is 2. The van der Waals surface area contributed by atoms with Crippen molar-refractivity contribution in [1.29, 1.82) is 5.26 Å². The van der Waals surface area contributed by atoms with Crippen LogP contribution in [0.1, 0.15) is 35.3 Å². The number of rotatable bonds is 9. The van der Waals surface area contributed by atoms with Crippen LogP contribution in [0.5, 0.6) is 5.75 Å². The first-order valence-electron chi connectivity index (χ1n) is 10.9. The zero-order valence-electron chi connectivity index (χ0n) is 19.2. The molecule has 2 aromatic rings. The molecule has 1 fully saturated rings. The van der Waals surface area contributed by atoms with Crippen molar-refractivity contribution in [1.82, 2.24) is 9.80 Å². The van der Waals surface area contributed by atoms with E-state index in [1.54, 1.807) is 12.1 Å². The molecule has 2 aromatic carbocycles. The molecule has 180 valence electrons. The van der Waals surface area contributed by atoms with E-state index < -0.39 is 0 Å². The van der Waals surface area contributed by atoms with Gasteiger partial charge in [-0.05, 0) is 62.2 Å². The average molecular weight is 494 g/mol. The number of nitriles is 1. The van der Waals surface area contributed by atoms with E-state index in [-0.39, 0.29) is 36.9 Å². The van der Waals surface area contributed by atoms with Crippen molar-refractivity contribution in [2.24, 2.45) is 0 Å². The van der Waals surface area contributed by atoms with Gasteiger partial charge < -0.3 is 14.4 Å². The van der Waals surface area contributed by atoms with Crippen LogP contribution < -0.4 is 4.74 Å². The van der Waals surface area contributed by atoms with Gasteiger partial charge in [-0.3, -0.25) is 4.90 Å². The van der Waals surface area contributed by atoms with Crippen LogP contribution in [0.2, 0.25) is 0 Å². The summed E-state index contributed by atoms with van der Waals surface area (Å²) in [5.41, 5.74) is 2.49. The standard InChI is InChI=1S/C25H31N3O3.2ClH/c1-3-30-25(29)23-8-4-21(5-9-23)12-13-27-14-16-28(17-15-27)19-20(2)31-24-10-6-22(18-26)7-11-24;;/h4-11,20H,3,12-17,19H2,1-2H3;2*1H. The highest BCUT2D eigenvalue weighted by molar-refractivity contribution is 5.89. The Morgan fingerprint density at radius 3 is 2.18 bits per heavy atom. The van der Waals surface area contributed by atoms with E-state index >= 15 is 0 Å². The summed E-state index contributed by atoms with van der Waals surface area (Å²) in [5.74, 6) is 0.543. The Labute approximate surface area is 209 Å². The zero-order valence-corrected chi connectivity index (χ0v) is 20.9. The highest BCUT2D eigenvalue weighted by atomic mass is 35.5. The Balaban J connectivity index is 0.00000272. The second kappa shape index (κ2) is 14.8. The van der Waals surface area contributed by atoms with Gasteiger partial charge in [-0.1, -0.05) is 12.1 Å². The van der Waals surface area contributed by atoms with Gasteiger partial charge >= 0.3 is 5.97 Å². The molecule has 0 saturated carbocycles. The predicted octanol–water partition coefficient (Wildman–Crippen LogP) is 4.21. The molecule has 0 N–H and O–H groups in total. The number of halogens is 2. The Morgan fingerprint density at radius 2 is 1.61 bits per heavy atom. The van der Waals surface area contributed by atoms with E-state index in [9.17, 15) is 4.79 Å². The molecule has 0 spiro atoms. The van der Waals surface area contributed by atoms with Crippen LogP contribution in [0, 0.1) is 11.3 Å². The Hall–Kier alpha value is -2.30. The summed E-state index contributed by atoms with van der Waals surface area (Å²) in [6.07, 6.45) is 1.07. The molecule has 33 heavy (non-hydrogen) atoms. The third kappa shape index (κ3) is 9.23. The molecular formula is C25H33Cl2N3O3. The fourth-order valence-electron chi connectivity index (χ4n) is 3.75. The van der Waals surface area contributed by atoms with Gasteiger partial charge in [0.05, 0.1) is 23.8 Å². The van der Waals surface area contributed by atoms with Gasteiger partial charge in [0.15, 0.2) is 0 Å². The number of hydrogen-bond acceptors (Lipinski definition) is 6. The van der Waals surface area contributed by atoms with E-state index in [1.165, 1.54) is 5.56 Å². The van der Waals surface area contributed by atoms with Crippen molar-refractivity contribution in [3.63, 3.8) is 0 Å². The Kier molecular flexibility index (Phi) is 12.9. The van der Waals surface area contributed by atoms with E-state index in [0.717, 1.165) is 51.4 Å². The van der Waals surface area contributed by atoms with Crippen molar-refractivity contribution in [3.8, 4) is 11.8 Å². The molecule has 0 amide bonds. The summed E-state index contributed by atoms with van der Waals surface area (Å²) >= 11 is 0. The third-order valence-electron chi connectivity index (χ3n) is 5.48. The minimum absolute atomic E-state index is 0. The maximum absolute atomic E-state index is 11.7. The smallest absolute Gasteiger partial charge is 0.338 e. The van der Waals surface area contributed by atoms with Gasteiger partial charge in [-0.25, -0.2) is 4.79 Å². The second-order valence-corrected chi connectivity index (χ2v) is 7.87. The molecule has 1 saturated heterocycles. The predicted molar refractivity (Wildman–Crippen MR) is 135 cm³/mol. The summed E-state index contributed by atoms with van der Waals surface area (Å²) in [6.45, 7) is 10.4. The quantitative estimate of drug-likeness (QED) is 0.487. The zero-order chi connectivity index (χ0) is 22.1. The molecule has 0 bridgehead atoms. The van der Waals surface area contributed by atoms with Crippen molar-refractivity contribution < 1.29 is 14.3 Å². The van der Waals surface area contributed by atoms with Crippen LogP contribution in [0.25, 0.3) is 0 Å². The highest BCUT2D eigenvalue weighted by Crippen LogP contribution is 2.15. The van der Waals surface area contributed by atoms with Crippen molar-refractivity contribution in [3.05, 3.63) is 65.2 Å². The molecule has 1 aliphatic rings. The summed E-state index contributed by atoms with van der Waals surface area (Å²) in [6, 6.07) is 17.1. The lowest BCUT2D eigenvalue weighted by Crippen LogP contribution is -2.49. The monoisotopic (exact) mass is 493 g/mol. The van der Waals surface area contributed by atoms with Gasteiger partial charge in [0.1, 0.15) is 11.9 Å². The van der Waals surface area contributed by atoms with Gasteiger partial charge in [-0.15, -0.1) is 24.8 Å². The first kappa shape index (κ1) is 28.7. The number of esters is 1.